The number of aliphatic hydroxyl groups excluding tert-OH is 1. The summed E-state index contributed by atoms with van der Waals surface area (Å²) in [5.74, 6) is -0.387. The average molecular weight is 395 g/mol. The molecule has 1 aliphatic carbocycles. The molecule has 0 saturated heterocycles. The fourth-order valence-electron chi connectivity index (χ4n) is 3.88. The van der Waals surface area contributed by atoms with Crippen LogP contribution in [0.4, 0.5) is 0 Å². The van der Waals surface area contributed by atoms with E-state index in [9.17, 15) is 19.8 Å². The monoisotopic (exact) mass is 394 g/mol. The maximum Gasteiger partial charge on any atom is 0.305 e. The first-order valence-electron chi connectivity index (χ1n) is 10.7. The van der Waals surface area contributed by atoms with Gasteiger partial charge in [-0.25, -0.2) is 0 Å². The summed E-state index contributed by atoms with van der Waals surface area (Å²) in [5.41, 5.74) is -0.921. The van der Waals surface area contributed by atoms with Gasteiger partial charge >= 0.3 is 5.97 Å². The number of ketones is 1. The molecule has 2 N–H and O–H groups in total. The number of carbonyl (C=O) groups excluding carboxylic acids is 2. The highest BCUT2D eigenvalue weighted by Crippen LogP contribution is 2.35. The van der Waals surface area contributed by atoms with Gasteiger partial charge in [-0.05, 0) is 25.7 Å². The topological polar surface area (TPSA) is 83.8 Å². The van der Waals surface area contributed by atoms with E-state index in [2.05, 4.69) is 18.2 Å². The quantitative estimate of drug-likeness (QED) is 0.263. The molecular formula is C23H38O5. The molecule has 0 radical (unpaired) electrons. The predicted molar refractivity (Wildman–Crippen MR) is 111 cm³/mol. The van der Waals surface area contributed by atoms with Gasteiger partial charge in [0.25, 0.3) is 0 Å². The Labute approximate surface area is 169 Å². The lowest BCUT2D eigenvalue weighted by Crippen LogP contribution is -2.25. The lowest BCUT2D eigenvalue weighted by molar-refractivity contribution is -0.140. The van der Waals surface area contributed by atoms with E-state index in [1.54, 1.807) is 6.08 Å². The minimum atomic E-state index is -0.921. The standard InChI is InChI=1S/C23H38O5/c1-4-6-15-23(27,5-2)16-11-13-19-18(20(24)17-21(19)25)12-9-7-8-10-14-22(26)28-3/h5,11,13,18-19,21,25,27H,2,4,6-10,12,14-17H2,1,3H3/t18-,19-,21-,23+/m1/s1. The van der Waals surface area contributed by atoms with E-state index < -0.39 is 11.7 Å². The van der Waals surface area contributed by atoms with Crippen LogP contribution in [0.1, 0.15) is 77.6 Å². The first-order valence-corrected chi connectivity index (χ1v) is 10.7. The number of ether oxygens (including phenoxy) is 1. The summed E-state index contributed by atoms with van der Waals surface area (Å²) in [6.45, 7) is 5.83. The van der Waals surface area contributed by atoms with E-state index >= 15 is 0 Å². The summed E-state index contributed by atoms with van der Waals surface area (Å²) in [4.78, 5) is 23.4. The molecule has 4 atom stereocenters. The third-order valence-electron chi connectivity index (χ3n) is 5.78. The van der Waals surface area contributed by atoms with Crippen LogP contribution in [-0.4, -0.2) is 40.8 Å². The van der Waals surface area contributed by atoms with Crippen LogP contribution in [0.5, 0.6) is 0 Å². The summed E-state index contributed by atoms with van der Waals surface area (Å²) in [5, 5.41) is 20.8. The number of carbonyl (C=O) groups is 2. The van der Waals surface area contributed by atoms with Crippen LogP contribution in [0.15, 0.2) is 24.8 Å². The highest BCUT2D eigenvalue weighted by molar-refractivity contribution is 5.84. The van der Waals surface area contributed by atoms with Crippen molar-refractivity contribution in [3.63, 3.8) is 0 Å². The van der Waals surface area contributed by atoms with Crippen molar-refractivity contribution in [1.29, 1.82) is 0 Å². The summed E-state index contributed by atoms with van der Waals surface area (Å²) >= 11 is 0. The SMILES string of the molecule is C=C[C@@](O)(CC=C[C@H]1[C@H](O)CC(=O)[C@@H]1CCCCCCC(=O)OC)CCCC. The molecule has 5 nitrogen and oxygen atoms in total. The largest absolute Gasteiger partial charge is 0.469 e. The molecule has 1 rings (SSSR count). The Morgan fingerprint density at radius 2 is 2.00 bits per heavy atom. The van der Waals surface area contributed by atoms with Crippen LogP contribution in [0, 0.1) is 11.8 Å². The molecular weight excluding hydrogens is 356 g/mol. The molecule has 1 fully saturated rings. The summed E-state index contributed by atoms with van der Waals surface area (Å²) < 4.78 is 4.63. The normalized spacial score (nSPS) is 24.4. The molecule has 0 unspecified atom stereocenters. The van der Waals surface area contributed by atoms with Crippen molar-refractivity contribution < 1.29 is 24.5 Å². The third-order valence-corrected chi connectivity index (χ3v) is 5.78. The number of hydrogen-bond donors (Lipinski definition) is 2. The van der Waals surface area contributed by atoms with Gasteiger partial charge in [-0.2, -0.15) is 0 Å². The number of rotatable bonds is 14. The molecule has 160 valence electrons. The van der Waals surface area contributed by atoms with E-state index in [1.165, 1.54) is 7.11 Å². The number of methoxy groups -OCH3 is 1. The Hall–Kier alpha value is -1.46. The molecule has 0 aliphatic heterocycles. The number of esters is 1. The molecule has 0 aromatic rings. The second-order valence-electron chi connectivity index (χ2n) is 7.99. The van der Waals surface area contributed by atoms with Crippen molar-refractivity contribution in [3.8, 4) is 0 Å². The maximum atomic E-state index is 12.3. The van der Waals surface area contributed by atoms with Gasteiger partial charge in [0.2, 0.25) is 0 Å². The molecule has 28 heavy (non-hydrogen) atoms. The predicted octanol–water partition coefficient (Wildman–Crippen LogP) is 4.12. The summed E-state index contributed by atoms with van der Waals surface area (Å²) in [6, 6.07) is 0. The molecule has 0 amide bonds. The number of aliphatic hydroxyl groups is 2. The molecule has 0 heterocycles. The van der Waals surface area contributed by atoms with Gasteiger partial charge < -0.3 is 14.9 Å². The van der Waals surface area contributed by atoms with Crippen LogP contribution in [0.3, 0.4) is 0 Å². The molecule has 0 aromatic heterocycles. The Bertz CT molecular complexity index is 527. The van der Waals surface area contributed by atoms with Gasteiger partial charge in [0, 0.05) is 24.7 Å². The highest BCUT2D eigenvalue weighted by Gasteiger charge is 2.39. The van der Waals surface area contributed by atoms with Crippen molar-refractivity contribution in [2.75, 3.05) is 7.11 Å². The van der Waals surface area contributed by atoms with Crippen LogP contribution < -0.4 is 0 Å². The smallest absolute Gasteiger partial charge is 0.305 e. The summed E-state index contributed by atoms with van der Waals surface area (Å²) in [6.07, 6.45) is 12.8. The van der Waals surface area contributed by atoms with Crippen LogP contribution >= 0.6 is 0 Å². The first-order chi connectivity index (χ1) is 13.4. The lowest BCUT2D eigenvalue weighted by Gasteiger charge is -2.23. The van der Waals surface area contributed by atoms with E-state index in [4.69, 9.17) is 0 Å². The van der Waals surface area contributed by atoms with E-state index in [0.717, 1.165) is 44.9 Å². The average Bonchev–Trinajstić information content (AvgIpc) is 2.95. The molecule has 1 aliphatic rings. The number of Topliss-reactive ketones (excluding diaryl/α,β-unsaturated/α-hetero) is 1. The van der Waals surface area contributed by atoms with E-state index in [1.807, 2.05) is 12.2 Å². The summed E-state index contributed by atoms with van der Waals surface area (Å²) in [7, 11) is 1.40. The molecule has 0 bridgehead atoms. The molecule has 0 aromatic carbocycles. The number of unbranched alkanes of at least 4 members (excludes halogenated alkanes) is 4. The van der Waals surface area contributed by atoms with Crippen LogP contribution in [-0.2, 0) is 14.3 Å². The van der Waals surface area contributed by atoms with Crippen molar-refractivity contribution in [2.24, 2.45) is 11.8 Å². The zero-order chi connectivity index (χ0) is 21.0. The molecule has 1 saturated carbocycles. The van der Waals surface area contributed by atoms with Gasteiger partial charge in [-0.1, -0.05) is 57.3 Å². The van der Waals surface area contributed by atoms with Gasteiger partial charge in [0.1, 0.15) is 5.78 Å². The van der Waals surface area contributed by atoms with Crippen LogP contribution in [0.25, 0.3) is 0 Å². The molecule has 0 spiro atoms. The zero-order valence-electron chi connectivity index (χ0n) is 17.6. The van der Waals surface area contributed by atoms with E-state index in [-0.39, 0.29) is 30.0 Å². The highest BCUT2D eigenvalue weighted by atomic mass is 16.5. The second-order valence-corrected chi connectivity index (χ2v) is 7.99. The van der Waals surface area contributed by atoms with Gasteiger partial charge in [-0.3, -0.25) is 9.59 Å². The minimum Gasteiger partial charge on any atom is -0.469 e. The third kappa shape index (κ3) is 8.27. The van der Waals surface area contributed by atoms with E-state index in [0.29, 0.717) is 19.3 Å². The Kier molecular flexibility index (Phi) is 11.3. The Morgan fingerprint density at radius 1 is 1.29 bits per heavy atom. The fourth-order valence-corrected chi connectivity index (χ4v) is 3.88. The minimum absolute atomic E-state index is 0.127. The zero-order valence-corrected chi connectivity index (χ0v) is 17.6. The molecule has 5 heteroatoms. The van der Waals surface area contributed by atoms with Crippen molar-refractivity contribution in [2.45, 2.75) is 89.3 Å². The Morgan fingerprint density at radius 3 is 2.64 bits per heavy atom. The van der Waals surface area contributed by atoms with Gasteiger partial charge in [-0.15, -0.1) is 6.58 Å². The fraction of sp³-hybridized carbons (Fsp3) is 0.739. The van der Waals surface area contributed by atoms with Crippen molar-refractivity contribution in [1.82, 2.24) is 0 Å². The van der Waals surface area contributed by atoms with Crippen molar-refractivity contribution in [3.05, 3.63) is 24.8 Å². The van der Waals surface area contributed by atoms with Crippen LogP contribution in [0.2, 0.25) is 0 Å². The maximum absolute atomic E-state index is 12.3. The Balaban J connectivity index is 2.48. The van der Waals surface area contributed by atoms with Gasteiger partial charge in [0.15, 0.2) is 0 Å². The second kappa shape index (κ2) is 12.9. The number of hydrogen-bond acceptors (Lipinski definition) is 5. The van der Waals surface area contributed by atoms with Gasteiger partial charge in [0.05, 0.1) is 18.8 Å². The lowest BCUT2D eigenvalue weighted by atomic mass is 9.87. The van der Waals surface area contributed by atoms with Crippen molar-refractivity contribution >= 4 is 11.8 Å². The first kappa shape index (κ1) is 24.6.